The molecule has 1 aromatic carbocycles. The normalized spacial score (nSPS) is 12.8. The molecule has 114 valence electrons. The first-order valence-electron chi connectivity index (χ1n) is 7.26. The van der Waals surface area contributed by atoms with Gasteiger partial charge in [0.1, 0.15) is 0 Å². The minimum absolute atomic E-state index is 0.342. The quantitative estimate of drug-likeness (QED) is 0.608. The fourth-order valence-electron chi connectivity index (χ4n) is 1.68. The van der Waals surface area contributed by atoms with Crippen LogP contribution in [0.25, 0.3) is 0 Å². The van der Waals surface area contributed by atoms with Gasteiger partial charge in [0.2, 0.25) is 0 Å². The molecule has 0 bridgehead atoms. The Bertz CT molecular complexity index is 330. The highest BCUT2D eigenvalue weighted by molar-refractivity contribution is 5.13. The highest BCUT2D eigenvalue weighted by Crippen LogP contribution is 2.00. The third kappa shape index (κ3) is 9.04. The average molecular weight is 281 g/mol. The maximum absolute atomic E-state index is 9.74. The maximum atomic E-state index is 9.74. The Morgan fingerprint density at radius 2 is 1.85 bits per heavy atom. The second-order valence-electron chi connectivity index (χ2n) is 5.33. The summed E-state index contributed by atoms with van der Waals surface area (Å²) in [5, 5.41) is 12.9. The Labute approximate surface area is 122 Å². The molecule has 2 N–H and O–H groups in total. The lowest BCUT2D eigenvalue weighted by atomic mass is 10.2. The lowest BCUT2D eigenvalue weighted by Crippen LogP contribution is -2.32. The predicted octanol–water partition coefficient (Wildman–Crippen LogP) is 1.83. The minimum Gasteiger partial charge on any atom is -0.389 e. The van der Waals surface area contributed by atoms with Crippen molar-refractivity contribution in [3.8, 4) is 0 Å². The third-order valence-electron chi connectivity index (χ3n) is 2.68. The van der Waals surface area contributed by atoms with Crippen molar-refractivity contribution in [1.82, 2.24) is 5.32 Å². The number of benzene rings is 1. The van der Waals surface area contributed by atoms with Crippen LogP contribution in [-0.2, 0) is 16.1 Å². The van der Waals surface area contributed by atoms with Gasteiger partial charge in [0.05, 0.1) is 25.9 Å². The molecule has 1 unspecified atom stereocenters. The van der Waals surface area contributed by atoms with Gasteiger partial charge in [-0.3, -0.25) is 0 Å². The van der Waals surface area contributed by atoms with Crippen LogP contribution in [0.4, 0.5) is 0 Å². The van der Waals surface area contributed by atoms with Crippen LogP contribution in [-0.4, -0.2) is 44.1 Å². The van der Waals surface area contributed by atoms with E-state index < -0.39 is 6.10 Å². The van der Waals surface area contributed by atoms with Crippen LogP contribution in [0.2, 0.25) is 0 Å². The Balaban J connectivity index is 1.94. The van der Waals surface area contributed by atoms with Crippen LogP contribution in [0.15, 0.2) is 30.3 Å². The third-order valence-corrected chi connectivity index (χ3v) is 2.68. The molecule has 0 heterocycles. The Hall–Kier alpha value is -0.940. The average Bonchev–Trinajstić information content (AvgIpc) is 2.43. The molecule has 1 atom stereocenters. The molecule has 0 spiro atoms. The van der Waals surface area contributed by atoms with Crippen LogP contribution >= 0.6 is 0 Å². The van der Waals surface area contributed by atoms with Gasteiger partial charge in [-0.25, -0.2) is 0 Å². The van der Waals surface area contributed by atoms with E-state index in [4.69, 9.17) is 9.47 Å². The summed E-state index contributed by atoms with van der Waals surface area (Å²) in [5.41, 5.74) is 1.12. The molecule has 0 amide bonds. The van der Waals surface area contributed by atoms with Gasteiger partial charge < -0.3 is 19.9 Å². The van der Waals surface area contributed by atoms with Crippen molar-refractivity contribution < 1.29 is 14.6 Å². The van der Waals surface area contributed by atoms with Crippen LogP contribution < -0.4 is 5.32 Å². The summed E-state index contributed by atoms with van der Waals surface area (Å²) in [7, 11) is 0. The Morgan fingerprint density at radius 1 is 1.10 bits per heavy atom. The lowest BCUT2D eigenvalue weighted by Gasteiger charge is -2.13. The topological polar surface area (TPSA) is 50.7 Å². The van der Waals surface area contributed by atoms with Crippen LogP contribution in [0.5, 0.6) is 0 Å². The maximum Gasteiger partial charge on any atom is 0.0897 e. The molecule has 0 aliphatic rings. The molecule has 20 heavy (non-hydrogen) atoms. The number of rotatable bonds is 11. The smallest absolute Gasteiger partial charge is 0.0897 e. The van der Waals surface area contributed by atoms with Crippen LogP contribution in [0.1, 0.15) is 19.4 Å². The molecule has 0 aliphatic carbocycles. The van der Waals surface area contributed by atoms with E-state index in [1.54, 1.807) is 0 Å². The summed E-state index contributed by atoms with van der Waals surface area (Å²) >= 11 is 0. The van der Waals surface area contributed by atoms with Crippen molar-refractivity contribution in [3.05, 3.63) is 35.9 Å². The summed E-state index contributed by atoms with van der Waals surface area (Å²) in [6.45, 7) is 7.87. The molecule has 0 aliphatic heterocycles. The van der Waals surface area contributed by atoms with Crippen molar-refractivity contribution in [2.75, 3.05) is 32.9 Å². The predicted molar refractivity (Wildman–Crippen MR) is 80.6 cm³/mol. The van der Waals surface area contributed by atoms with Crippen molar-refractivity contribution in [3.63, 3.8) is 0 Å². The molecule has 1 aromatic rings. The largest absolute Gasteiger partial charge is 0.389 e. The first-order chi connectivity index (χ1) is 9.68. The zero-order valence-corrected chi connectivity index (χ0v) is 12.5. The van der Waals surface area contributed by atoms with Gasteiger partial charge in [-0.15, -0.1) is 0 Å². The highest BCUT2D eigenvalue weighted by atomic mass is 16.5. The van der Waals surface area contributed by atoms with E-state index in [0.29, 0.717) is 32.3 Å². The number of aliphatic hydroxyl groups is 1. The summed E-state index contributed by atoms with van der Waals surface area (Å²) in [6, 6.07) is 9.96. The molecule has 0 saturated heterocycles. The van der Waals surface area contributed by atoms with E-state index >= 15 is 0 Å². The molecular formula is C16H27NO3. The number of nitrogens with one attached hydrogen (secondary N) is 1. The minimum atomic E-state index is -0.483. The summed E-state index contributed by atoms with van der Waals surface area (Å²) in [4.78, 5) is 0. The molecule has 0 aromatic heterocycles. The molecule has 0 radical (unpaired) electrons. The Morgan fingerprint density at radius 3 is 2.55 bits per heavy atom. The Kier molecular flexibility index (Phi) is 9.24. The molecule has 4 heteroatoms. The fourth-order valence-corrected chi connectivity index (χ4v) is 1.68. The van der Waals surface area contributed by atoms with Crippen molar-refractivity contribution >= 4 is 0 Å². The van der Waals surface area contributed by atoms with E-state index in [0.717, 1.165) is 18.7 Å². The molecule has 1 rings (SSSR count). The van der Waals surface area contributed by atoms with Crippen LogP contribution in [0, 0.1) is 5.92 Å². The number of aliphatic hydroxyl groups excluding tert-OH is 1. The van der Waals surface area contributed by atoms with Crippen molar-refractivity contribution in [2.24, 2.45) is 5.92 Å². The molecule has 4 nitrogen and oxygen atoms in total. The first kappa shape index (κ1) is 17.1. The summed E-state index contributed by atoms with van der Waals surface area (Å²) in [5.74, 6) is 0.562. The summed E-state index contributed by atoms with van der Waals surface area (Å²) in [6.07, 6.45) is -0.483. The zero-order chi connectivity index (χ0) is 14.6. The SMILES string of the molecule is CC(C)COCCNCC(O)COCc1ccccc1. The van der Waals surface area contributed by atoms with E-state index in [1.807, 2.05) is 30.3 Å². The molecule has 0 saturated carbocycles. The second-order valence-corrected chi connectivity index (χ2v) is 5.33. The van der Waals surface area contributed by atoms with Crippen molar-refractivity contribution in [2.45, 2.75) is 26.6 Å². The first-order valence-corrected chi connectivity index (χ1v) is 7.26. The van der Waals surface area contributed by atoms with Gasteiger partial charge in [0, 0.05) is 19.7 Å². The van der Waals surface area contributed by atoms with E-state index in [2.05, 4.69) is 19.2 Å². The van der Waals surface area contributed by atoms with Gasteiger partial charge in [-0.05, 0) is 11.5 Å². The van der Waals surface area contributed by atoms with Gasteiger partial charge in [-0.2, -0.15) is 0 Å². The highest BCUT2D eigenvalue weighted by Gasteiger charge is 2.03. The lowest BCUT2D eigenvalue weighted by molar-refractivity contribution is 0.0275. The fraction of sp³-hybridized carbons (Fsp3) is 0.625. The van der Waals surface area contributed by atoms with Crippen molar-refractivity contribution in [1.29, 1.82) is 0 Å². The monoisotopic (exact) mass is 281 g/mol. The molecular weight excluding hydrogens is 254 g/mol. The number of hydrogen-bond donors (Lipinski definition) is 2. The number of hydrogen-bond acceptors (Lipinski definition) is 4. The zero-order valence-electron chi connectivity index (χ0n) is 12.5. The summed E-state index contributed by atoms with van der Waals surface area (Å²) < 4.78 is 10.9. The van der Waals surface area contributed by atoms with E-state index in [9.17, 15) is 5.11 Å². The van der Waals surface area contributed by atoms with Gasteiger partial charge in [-0.1, -0.05) is 44.2 Å². The molecule has 0 fully saturated rings. The second kappa shape index (κ2) is 10.8. The van der Waals surface area contributed by atoms with Crippen LogP contribution in [0.3, 0.4) is 0 Å². The van der Waals surface area contributed by atoms with E-state index in [-0.39, 0.29) is 0 Å². The van der Waals surface area contributed by atoms with Gasteiger partial charge in [0.15, 0.2) is 0 Å². The van der Waals surface area contributed by atoms with Gasteiger partial charge in [0.25, 0.3) is 0 Å². The number of ether oxygens (including phenoxy) is 2. The van der Waals surface area contributed by atoms with E-state index in [1.165, 1.54) is 0 Å². The standard InChI is InChI=1S/C16H27NO3/c1-14(2)11-19-9-8-17-10-16(18)13-20-12-15-6-4-3-5-7-15/h3-7,14,16-18H,8-13H2,1-2H3. The van der Waals surface area contributed by atoms with Gasteiger partial charge >= 0.3 is 0 Å².